The van der Waals surface area contributed by atoms with Gasteiger partial charge in [-0.3, -0.25) is 14.2 Å². The van der Waals surface area contributed by atoms with E-state index < -0.39 is 11.9 Å². The maximum absolute atomic E-state index is 12.6. The summed E-state index contributed by atoms with van der Waals surface area (Å²) in [6.07, 6.45) is 5.17. The third kappa shape index (κ3) is 3.60. The second kappa shape index (κ2) is 7.13. The van der Waals surface area contributed by atoms with Gasteiger partial charge in [0.1, 0.15) is 0 Å². The first kappa shape index (κ1) is 17.3. The van der Waals surface area contributed by atoms with Gasteiger partial charge in [-0.15, -0.1) is 0 Å². The van der Waals surface area contributed by atoms with Crippen molar-refractivity contribution in [1.82, 2.24) is 14.9 Å². The van der Waals surface area contributed by atoms with Gasteiger partial charge < -0.3 is 15.4 Å². The van der Waals surface area contributed by atoms with Gasteiger partial charge in [0, 0.05) is 18.7 Å². The fraction of sp³-hybridized carbons (Fsp3) is 0.500. The number of aromatic nitrogens is 2. The number of carboxylic acid groups (broad SMARTS) is 1. The molecule has 134 valence electrons. The van der Waals surface area contributed by atoms with E-state index in [0.717, 1.165) is 25.7 Å². The third-order valence-electron chi connectivity index (χ3n) is 5.07. The lowest BCUT2D eigenvalue weighted by molar-refractivity contribution is -0.143. The standard InChI is InChI=1S/C18H23N3O4/c1-21-15-10-11(8-9-14(15)20-18(21)25)16(22)19-13-7-5-3-2-4-6-12(13)17(23)24/h8-10,12-13H,2-7H2,1H3,(H,19,22)(H,20,25)(H,23,24). The van der Waals surface area contributed by atoms with Gasteiger partial charge in [0.05, 0.1) is 17.0 Å². The Morgan fingerprint density at radius 1 is 1.20 bits per heavy atom. The Bertz CT molecular complexity index is 852. The van der Waals surface area contributed by atoms with Crippen molar-refractivity contribution in [3.63, 3.8) is 0 Å². The number of carbonyl (C=O) groups is 2. The number of rotatable bonds is 3. The summed E-state index contributed by atoms with van der Waals surface area (Å²) in [6.45, 7) is 0. The average Bonchev–Trinajstić information content (AvgIpc) is 2.84. The molecule has 7 heteroatoms. The van der Waals surface area contributed by atoms with E-state index >= 15 is 0 Å². The van der Waals surface area contributed by atoms with Crippen LogP contribution in [0.1, 0.15) is 48.9 Å². The van der Waals surface area contributed by atoms with Gasteiger partial charge in [-0.05, 0) is 31.0 Å². The largest absolute Gasteiger partial charge is 0.481 e. The first-order chi connectivity index (χ1) is 12.0. The molecule has 2 atom stereocenters. The molecule has 1 aromatic carbocycles. The molecule has 1 aliphatic rings. The lowest BCUT2D eigenvalue weighted by Crippen LogP contribution is -2.43. The number of carboxylic acids is 1. The molecule has 0 aliphatic heterocycles. The second-order valence-electron chi connectivity index (χ2n) is 6.74. The van der Waals surface area contributed by atoms with Crippen LogP contribution < -0.4 is 11.0 Å². The summed E-state index contributed by atoms with van der Waals surface area (Å²) < 4.78 is 1.45. The minimum absolute atomic E-state index is 0.237. The molecule has 3 N–H and O–H groups in total. The molecule has 0 bridgehead atoms. The van der Waals surface area contributed by atoms with Gasteiger partial charge in [0.2, 0.25) is 0 Å². The summed E-state index contributed by atoms with van der Waals surface area (Å²) in [7, 11) is 1.64. The van der Waals surface area contributed by atoms with Crippen molar-refractivity contribution in [3.8, 4) is 0 Å². The normalized spacial score (nSPS) is 21.5. The Labute approximate surface area is 145 Å². The summed E-state index contributed by atoms with van der Waals surface area (Å²) in [4.78, 5) is 38.6. The zero-order valence-electron chi connectivity index (χ0n) is 14.2. The van der Waals surface area contributed by atoms with Crippen LogP contribution in [-0.4, -0.2) is 32.6 Å². The van der Waals surface area contributed by atoms with Crippen molar-refractivity contribution in [2.75, 3.05) is 0 Å². The molecular formula is C18H23N3O4. The molecule has 1 fully saturated rings. The molecule has 1 heterocycles. The molecule has 1 aliphatic carbocycles. The zero-order chi connectivity index (χ0) is 18.0. The highest BCUT2D eigenvalue weighted by molar-refractivity contribution is 5.97. The number of hydrogen-bond acceptors (Lipinski definition) is 3. The highest BCUT2D eigenvalue weighted by atomic mass is 16.4. The van der Waals surface area contributed by atoms with E-state index in [1.54, 1.807) is 25.2 Å². The minimum Gasteiger partial charge on any atom is -0.481 e. The number of hydrogen-bond donors (Lipinski definition) is 3. The van der Waals surface area contributed by atoms with E-state index in [1.807, 2.05) is 0 Å². The van der Waals surface area contributed by atoms with Crippen molar-refractivity contribution >= 4 is 22.9 Å². The predicted molar refractivity (Wildman–Crippen MR) is 93.6 cm³/mol. The highest BCUT2D eigenvalue weighted by Crippen LogP contribution is 2.24. The Hall–Kier alpha value is -2.57. The smallest absolute Gasteiger partial charge is 0.326 e. The molecule has 0 spiro atoms. The van der Waals surface area contributed by atoms with Crippen LogP contribution in [0.3, 0.4) is 0 Å². The molecule has 25 heavy (non-hydrogen) atoms. The van der Waals surface area contributed by atoms with Crippen LogP contribution in [0.15, 0.2) is 23.0 Å². The van der Waals surface area contributed by atoms with Gasteiger partial charge >= 0.3 is 11.7 Å². The van der Waals surface area contributed by atoms with Gasteiger partial charge in [-0.25, -0.2) is 4.79 Å². The molecule has 2 aromatic rings. The molecule has 7 nitrogen and oxygen atoms in total. The van der Waals surface area contributed by atoms with Crippen molar-refractivity contribution in [2.45, 2.75) is 44.6 Å². The molecule has 2 unspecified atom stereocenters. The number of carbonyl (C=O) groups excluding carboxylic acids is 1. The minimum atomic E-state index is -0.851. The van der Waals surface area contributed by atoms with Crippen molar-refractivity contribution < 1.29 is 14.7 Å². The van der Waals surface area contributed by atoms with Crippen LogP contribution >= 0.6 is 0 Å². The second-order valence-corrected chi connectivity index (χ2v) is 6.74. The fourth-order valence-electron chi connectivity index (χ4n) is 3.57. The maximum atomic E-state index is 12.6. The first-order valence-corrected chi connectivity index (χ1v) is 8.70. The van der Waals surface area contributed by atoms with E-state index in [2.05, 4.69) is 10.3 Å². The highest BCUT2D eigenvalue weighted by Gasteiger charge is 2.30. The Morgan fingerprint density at radius 2 is 1.92 bits per heavy atom. The lowest BCUT2D eigenvalue weighted by atomic mass is 9.86. The molecule has 0 saturated heterocycles. The number of nitrogens with zero attached hydrogens (tertiary/aromatic N) is 1. The topological polar surface area (TPSA) is 104 Å². The first-order valence-electron chi connectivity index (χ1n) is 8.70. The van der Waals surface area contributed by atoms with Crippen LogP contribution in [0, 0.1) is 5.92 Å². The van der Waals surface area contributed by atoms with Crippen LogP contribution in [0.4, 0.5) is 0 Å². The summed E-state index contributed by atoms with van der Waals surface area (Å²) in [5.74, 6) is -1.70. The molecule has 1 amide bonds. The number of nitrogens with one attached hydrogen (secondary N) is 2. The van der Waals surface area contributed by atoms with E-state index in [4.69, 9.17) is 0 Å². The summed E-state index contributed by atoms with van der Waals surface area (Å²) in [6, 6.07) is 4.63. The number of imidazole rings is 1. The zero-order valence-corrected chi connectivity index (χ0v) is 14.2. The van der Waals surface area contributed by atoms with E-state index in [0.29, 0.717) is 29.4 Å². The maximum Gasteiger partial charge on any atom is 0.326 e. The van der Waals surface area contributed by atoms with Crippen LogP contribution in [0.25, 0.3) is 11.0 Å². The number of benzene rings is 1. The molecular weight excluding hydrogens is 322 g/mol. The van der Waals surface area contributed by atoms with Crippen LogP contribution in [-0.2, 0) is 11.8 Å². The fourth-order valence-corrected chi connectivity index (χ4v) is 3.57. The molecule has 0 radical (unpaired) electrons. The quantitative estimate of drug-likeness (QED) is 0.791. The van der Waals surface area contributed by atoms with Gasteiger partial charge in [0.25, 0.3) is 5.91 Å². The summed E-state index contributed by atoms with van der Waals surface area (Å²) >= 11 is 0. The van der Waals surface area contributed by atoms with Crippen molar-refractivity contribution in [1.29, 1.82) is 0 Å². The molecule has 1 saturated carbocycles. The summed E-state index contributed by atoms with van der Waals surface area (Å²) in [5, 5.41) is 12.4. The van der Waals surface area contributed by atoms with Crippen LogP contribution in [0.2, 0.25) is 0 Å². The third-order valence-corrected chi connectivity index (χ3v) is 5.07. The average molecular weight is 345 g/mol. The van der Waals surface area contributed by atoms with E-state index in [-0.39, 0.29) is 17.6 Å². The predicted octanol–water partition coefficient (Wildman–Crippen LogP) is 2.02. The number of aryl methyl sites for hydroxylation is 1. The summed E-state index contributed by atoms with van der Waals surface area (Å²) in [5.41, 5.74) is 1.50. The van der Waals surface area contributed by atoms with Gasteiger partial charge in [0.15, 0.2) is 0 Å². The lowest BCUT2D eigenvalue weighted by Gasteiger charge is -2.27. The Morgan fingerprint density at radius 3 is 2.64 bits per heavy atom. The SMILES string of the molecule is Cn1c(=O)[nH]c2ccc(C(=O)NC3CCCCCCC3C(=O)O)cc21. The van der Waals surface area contributed by atoms with Crippen molar-refractivity contribution in [3.05, 3.63) is 34.2 Å². The number of aliphatic carboxylic acids is 1. The Kier molecular flexibility index (Phi) is 4.92. The van der Waals surface area contributed by atoms with Gasteiger partial charge in [-0.2, -0.15) is 0 Å². The monoisotopic (exact) mass is 345 g/mol. The number of fused-ring (bicyclic) bond motifs is 1. The van der Waals surface area contributed by atoms with E-state index in [1.165, 1.54) is 4.57 Å². The molecule has 3 rings (SSSR count). The van der Waals surface area contributed by atoms with Crippen molar-refractivity contribution in [2.24, 2.45) is 13.0 Å². The van der Waals surface area contributed by atoms with E-state index in [9.17, 15) is 19.5 Å². The number of amides is 1. The van der Waals surface area contributed by atoms with Gasteiger partial charge in [-0.1, -0.05) is 25.7 Å². The number of aromatic amines is 1. The Balaban J connectivity index is 1.82. The molecule has 1 aromatic heterocycles. The van der Waals surface area contributed by atoms with Crippen LogP contribution in [0.5, 0.6) is 0 Å². The number of H-pyrrole nitrogens is 1.